The van der Waals surface area contributed by atoms with Crippen molar-refractivity contribution in [1.82, 2.24) is 0 Å². The molecule has 0 spiro atoms. The van der Waals surface area contributed by atoms with Crippen LogP contribution in [0.15, 0.2) is 286 Å². The number of benzene rings is 10. The summed E-state index contributed by atoms with van der Waals surface area (Å²) in [6, 6.07) is 85.1. The van der Waals surface area contributed by atoms with Gasteiger partial charge in [-0.2, -0.15) is 0 Å². The molecule has 2 aliphatic carbocycles. The van der Waals surface area contributed by atoms with Crippen molar-refractivity contribution >= 4 is 61.7 Å². The number of anilines is 7. The SMILES string of the molecule is C=C1/C=C\C=C/N(c2ccccc2)c2ccc(-c3ccc(N(c4ccc5c(c4)C(C)(C)c4cc(Nc6ccccc6)ccc4-5)c4cccc5ccccc45)cc3)cc21.CC1C=CC(c2ccc(-c3ccccc3)cc2)=CC1. The first kappa shape index (κ1) is 48.5. The number of fused-ring (bicyclic) bond motifs is 5. The Balaban J connectivity index is 0.000000263. The van der Waals surface area contributed by atoms with Crippen molar-refractivity contribution in [3.8, 4) is 33.4 Å². The maximum atomic E-state index is 4.46. The van der Waals surface area contributed by atoms with Gasteiger partial charge >= 0.3 is 0 Å². The second-order valence-electron chi connectivity index (χ2n) is 20.8. The molecule has 1 unspecified atom stereocenters. The van der Waals surface area contributed by atoms with Crippen LogP contribution in [0.5, 0.6) is 0 Å². The molecule has 3 nitrogen and oxygen atoms in total. The van der Waals surface area contributed by atoms with Gasteiger partial charge in [-0.25, -0.2) is 0 Å². The Bertz CT molecular complexity index is 3890. The summed E-state index contributed by atoms with van der Waals surface area (Å²) in [6.07, 6.45) is 16.3. The van der Waals surface area contributed by atoms with Crippen LogP contribution in [0.1, 0.15) is 49.4 Å². The average Bonchev–Trinajstić information content (AvgIpc) is 3.88. The number of rotatable bonds is 9. The summed E-state index contributed by atoms with van der Waals surface area (Å²) in [5.41, 5.74) is 22.4. The Morgan fingerprint density at radius 1 is 0.506 bits per heavy atom. The van der Waals surface area contributed by atoms with Gasteiger partial charge in [0.15, 0.2) is 0 Å². The lowest BCUT2D eigenvalue weighted by Gasteiger charge is -2.29. The summed E-state index contributed by atoms with van der Waals surface area (Å²) < 4.78 is 0. The zero-order valence-corrected chi connectivity index (χ0v) is 43.9. The first-order valence-electron chi connectivity index (χ1n) is 26.8. The molecule has 0 aromatic heterocycles. The van der Waals surface area contributed by atoms with E-state index < -0.39 is 0 Å². The molecule has 1 heterocycles. The summed E-state index contributed by atoms with van der Waals surface area (Å²) in [5, 5.41) is 6.03. The number of allylic oxidation sites excluding steroid dienone is 8. The largest absolute Gasteiger partial charge is 0.356 e. The third-order valence-electron chi connectivity index (χ3n) is 15.4. The maximum absolute atomic E-state index is 4.46. The summed E-state index contributed by atoms with van der Waals surface area (Å²) in [7, 11) is 0. The molecule has 372 valence electrons. The molecule has 1 aliphatic heterocycles. The van der Waals surface area contributed by atoms with Crippen LogP contribution >= 0.6 is 0 Å². The van der Waals surface area contributed by atoms with Gasteiger partial charge in [-0.15, -0.1) is 0 Å². The molecule has 13 rings (SSSR count). The van der Waals surface area contributed by atoms with Crippen molar-refractivity contribution in [1.29, 1.82) is 0 Å². The molecule has 0 saturated carbocycles. The number of nitrogens with zero attached hydrogens (tertiary/aromatic N) is 2. The van der Waals surface area contributed by atoms with E-state index in [1.807, 2.05) is 6.07 Å². The lowest BCUT2D eigenvalue weighted by atomic mass is 9.82. The van der Waals surface area contributed by atoms with Gasteiger partial charge in [-0.3, -0.25) is 0 Å². The summed E-state index contributed by atoms with van der Waals surface area (Å²) >= 11 is 0. The van der Waals surface area contributed by atoms with E-state index in [1.165, 1.54) is 55.3 Å². The van der Waals surface area contributed by atoms with Crippen molar-refractivity contribution in [3.63, 3.8) is 0 Å². The van der Waals surface area contributed by atoms with Crippen molar-refractivity contribution < 1.29 is 0 Å². The van der Waals surface area contributed by atoms with Gasteiger partial charge in [-0.05, 0) is 164 Å². The van der Waals surface area contributed by atoms with Crippen LogP contribution in [-0.2, 0) is 5.41 Å². The lowest BCUT2D eigenvalue weighted by Crippen LogP contribution is -2.17. The van der Waals surface area contributed by atoms with E-state index in [0.717, 1.165) is 68.5 Å². The zero-order chi connectivity index (χ0) is 52.3. The van der Waals surface area contributed by atoms with Crippen molar-refractivity contribution in [2.24, 2.45) is 5.92 Å². The first-order valence-corrected chi connectivity index (χ1v) is 26.8. The van der Waals surface area contributed by atoms with Crippen molar-refractivity contribution in [2.75, 3.05) is 15.1 Å². The van der Waals surface area contributed by atoms with Crippen molar-refractivity contribution in [3.05, 3.63) is 308 Å². The second-order valence-corrected chi connectivity index (χ2v) is 20.8. The monoisotopic (exact) mass is 991 g/mol. The highest BCUT2D eigenvalue weighted by Crippen LogP contribution is 2.52. The Labute approximate surface area is 454 Å². The molecule has 10 aromatic rings. The maximum Gasteiger partial charge on any atom is 0.0540 e. The van der Waals surface area contributed by atoms with Gasteiger partial charge in [0.2, 0.25) is 0 Å². The Morgan fingerprint density at radius 2 is 1.12 bits per heavy atom. The van der Waals surface area contributed by atoms with E-state index >= 15 is 0 Å². The smallest absolute Gasteiger partial charge is 0.0540 e. The van der Waals surface area contributed by atoms with Crippen LogP contribution in [0.2, 0.25) is 0 Å². The van der Waals surface area contributed by atoms with Crippen LogP contribution in [-0.4, -0.2) is 0 Å². The third-order valence-corrected chi connectivity index (χ3v) is 15.4. The number of hydrogen-bond acceptors (Lipinski definition) is 3. The molecule has 0 radical (unpaired) electrons. The van der Waals surface area contributed by atoms with Crippen LogP contribution in [0.3, 0.4) is 0 Å². The van der Waals surface area contributed by atoms with E-state index in [2.05, 4.69) is 316 Å². The topological polar surface area (TPSA) is 18.5 Å². The van der Waals surface area contributed by atoms with Gasteiger partial charge in [0.05, 0.1) is 11.4 Å². The Kier molecular flexibility index (Phi) is 13.3. The minimum Gasteiger partial charge on any atom is -0.356 e. The molecule has 0 amide bonds. The van der Waals surface area contributed by atoms with Crippen LogP contribution in [0.4, 0.5) is 39.8 Å². The molecule has 1 N–H and O–H groups in total. The van der Waals surface area contributed by atoms with Crippen LogP contribution in [0.25, 0.3) is 55.3 Å². The molecule has 3 aliphatic rings. The standard InChI is InChI=1S/C55H43N3.C19H18/c1-38-15-12-13-34-57(44-20-8-5-9-21-44)53-33-26-41(35-50(38)53)39-24-28-45(29-25-39)58(54-23-14-17-40-16-10-11-22-47(40)54)46-30-32-49-48-31-27-43(56-42-18-6-4-7-19-42)36-51(48)55(2,3)52(49)37-46;1-15-7-9-17(10-8-15)19-13-11-18(12-14-19)16-5-3-2-4-6-16/h4-37,56H,1H2,2-3H3;2-7,9-15H,8H2,1H3/b15-12-,34-13-;. The molecular formula is C74H61N3. The van der Waals surface area contributed by atoms with Gasteiger partial charge < -0.3 is 15.1 Å². The molecule has 10 aromatic carbocycles. The lowest BCUT2D eigenvalue weighted by molar-refractivity contribution is 0.660. The third kappa shape index (κ3) is 9.88. The van der Waals surface area contributed by atoms with Crippen LogP contribution < -0.4 is 15.1 Å². The van der Waals surface area contributed by atoms with E-state index in [4.69, 9.17) is 0 Å². The molecule has 3 heteroatoms. The van der Waals surface area contributed by atoms with Crippen molar-refractivity contribution in [2.45, 2.75) is 32.6 Å². The molecular weight excluding hydrogens is 931 g/mol. The molecule has 0 bridgehead atoms. The predicted octanol–water partition coefficient (Wildman–Crippen LogP) is 20.6. The van der Waals surface area contributed by atoms with E-state index in [1.54, 1.807) is 0 Å². The molecule has 1 atom stereocenters. The molecule has 0 saturated heterocycles. The number of hydrogen-bond donors (Lipinski definition) is 1. The fourth-order valence-corrected chi connectivity index (χ4v) is 11.2. The predicted molar refractivity (Wildman–Crippen MR) is 330 cm³/mol. The normalized spacial score (nSPS) is 15.6. The van der Waals surface area contributed by atoms with E-state index in [9.17, 15) is 0 Å². The summed E-state index contributed by atoms with van der Waals surface area (Å²) in [6.45, 7) is 11.4. The highest BCUT2D eigenvalue weighted by molar-refractivity contribution is 6.00. The fourth-order valence-electron chi connectivity index (χ4n) is 11.2. The van der Waals surface area contributed by atoms with Gasteiger partial charge in [0, 0.05) is 51.0 Å². The number of nitrogens with one attached hydrogen (secondary N) is 1. The fraction of sp³-hybridized carbons (Fsp3) is 0.0811. The molecule has 77 heavy (non-hydrogen) atoms. The highest BCUT2D eigenvalue weighted by atomic mass is 15.1. The minimum absolute atomic E-state index is 0.196. The summed E-state index contributed by atoms with van der Waals surface area (Å²) in [5.74, 6) is 0.673. The molecule has 0 fully saturated rings. The quantitative estimate of drug-likeness (QED) is 0.155. The number of para-hydroxylation sites is 2. The zero-order valence-electron chi connectivity index (χ0n) is 43.9. The van der Waals surface area contributed by atoms with Gasteiger partial charge in [0.1, 0.15) is 0 Å². The van der Waals surface area contributed by atoms with Gasteiger partial charge in [-0.1, -0.05) is 215 Å². The van der Waals surface area contributed by atoms with Gasteiger partial charge in [0.25, 0.3) is 0 Å². The van der Waals surface area contributed by atoms with E-state index in [-0.39, 0.29) is 5.41 Å². The van der Waals surface area contributed by atoms with Crippen LogP contribution in [0, 0.1) is 5.92 Å². The highest BCUT2D eigenvalue weighted by Gasteiger charge is 2.36. The minimum atomic E-state index is -0.196. The average molecular weight is 992 g/mol. The second kappa shape index (κ2) is 21.1. The Hall–Kier alpha value is -9.44. The first-order chi connectivity index (χ1) is 37.7. The summed E-state index contributed by atoms with van der Waals surface area (Å²) in [4.78, 5) is 4.65. The Morgan fingerprint density at radius 3 is 1.87 bits per heavy atom. The van der Waals surface area contributed by atoms with E-state index in [0.29, 0.717) is 5.92 Å².